The van der Waals surface area contributed by atoms with Gasteiger partial charge in [-0.3, -0.25) is 23.7 Å². The van der Waals surface area contributed by atoms with E-state index in [1.807, 2.05) is 6.07 Å². The van der Waals surface area contributed by atoms with Gasteiger partial charge in [-0.2, -0.15) is 0 Å². The Morgan fingerprint density at radius 3 is 2.14 bits per heavy atom. The molecule has 0 saturated carbocycles. The molecule has 5 aromatic rings. The van der Waals surface area contributed by atoms with Gasteiger partial charge < -0.3 is 15.2 Å². The number of sulfonamides is 1. The minimum atomic E-state index is -4.02. The zero-order valence-corrected chi connectivity index (χ0v) is 27.9. The van der Waals surface area contributed by atoms with Crippen LogP contribution in [0.15, 0.2) is 126 Å². The molecule has 3 aromatic carbocycles. The number of ether oxygens (including phenoxy) is 1. The van der Waals surface area contributed by atoms with Crippen LogP contribution in [0.5, 0.6) is 5.88 Å². The number of anilines is 1. The predicted molar refractivity (Wildman–Crippen MR) is 189 cm³/mol. The van der Waals surface area contributed by atoms with Crippen molar-refractivity contribution >= 4 is 27.4 Å². The molecule has 258 valence electrons. The van der Waals surface area contributed by atoms with Crippen LogP contribution >= 0.6 is 0 Å². The standard InChI is InChI=1S/C37H37N5O7S/c43-32(19-12-22-49-34-20-10-11-21-38-34)35(45)30(23-27-13-4-1-5-14-27)40-33(44)25-42-36(29-17-8-3-9-18-29)39-24-31(37(42)46)41-50(47,48)26-28-15-6-2-7-16-28/h1-11,13-18,20-21,24,30,32,41,43H,12,19,22-23,25-26H2,(H,40,44)/t30-,32?/m0/s1. The Morgan fingerprint density at radius 1 is 0.840 bits per heavy atom. The molecule has 1 unspecified atom stereocenters. The minimum Gasteiger partial charge on any atom is -0.478 e. The number of aromatic nitrogens is 3. The molecule has 50 heavy (non-hydrogen) atoms. The highest BCUT2D eigenvalue weighted by Gasteiger charge is 2.28. The number of benzene rings is 3. The van der Waals surface area contributed by atoms with Gasteiger partial charge in [-0.05, 0) is 36.5 Å². The van der Waals surface area contributed by atoms with Gasteiger partial charge in [0.25, 0.3) is 5.56 Å². The number of carbonyl (C=O) groups is 2. The van der Waals surface area contributed by atoms with Gasteiger partial charge in [-0.1, -0.05) is 97.1 Å². The summed E-state index contributed by atoms with van der Waals surface area (Å²) >= 11 is 0. The summed E-state index contributed by atoms with van der Waals surface area (Å²) in [4.78, 5) is 49.4. The largest absolute Gasteiger partial charge is 0.478 e. The fourth-order valence-electron chi connectivity index (χ4n) is 5.24. The third-order valence-electron chi connectivity index (χ3n) is 7.65. The SMILES string of the molecule is O=C(Cn1c(-c2ccccc2)ncc(NS(=O)(=O)Cc2ccccc2)c1=O)N[C@@H](Cc1ccccc1)C(=O)C(O)CCCOc1ccccn1. The molecular formula is C37H37N5O7S. The highest BCUT2D eigenvalue weighted by atomic mass is 32.2. The molecule has 0 aliphatic heterocycles. The summed E-state index contributed by atoms with van der Waals surface area (Å²) in [6, 6.07) is 30.3. The number of hydrogen-bond acceptors (Lipinski definition) is 9. The Labute approximate surface area is 289 Å². The van der Waals surface area contributed by atoms with Crippen molar-refractivity contribution in [3.63, 3.8) is 0 Å². The molecule has 0 radical (unpaired) electrons. The molecule has 2 aromatic heterocycles. The highest BCUT2D eigenvalue weighted by molar-refractivity contribution is 7.91. The number of rotatable bonds is 17. The summed E-state index contributed by atoms with van der Waals surface area (Å²) in [6.07, 6.45) is 1.84. The van der Waals surface area contributed by atoms with Crippen LogP contribution in [0.1, 0.15) is 24.0 Å². The second-order valence-electron chi connectivity index (χ2n) is 11.5. The normalized spacial score (nSPS) is 12.4. The number of nitrogens with one attached hydrogen (secondary N) is 2. The van der Waals surface area contributed by atoms with Crippen LogP contribution in [0.25, 0.3) is 11.4 Å². The van der Waals surface area contributed by atoms with Crippen molar-refractivity contribution in [3.05, 3.63) is 143 Å². The smallest absolute Gasteiger partial charge is 0.278 e. The molecule has 13 heteroatoms. The maximum atomic E-state index is 13.8. The highest BCUT2D eigenvalue weighted by Crippen LogP contribution is 2.18. The first-order valence-electron chi connectivity index (χ1n) is 16.0. The van der Waals surface area contributed by atoms with Crippen LogP contribution in [0.4, 0.5) is 5.69 Å². The number of ketones is 1. The van der Waals surface area contributed by atoms with Gasteiger partial charge in [0.1, 0.15) is 24.2 Å². The maximum absolute atomic E-state index is 13.8. The third kappa shape index (κ3) is 10.2. The monoisotopic (exact) mass is 695 g/mol. The molecule has 2 heterocycles. The van der Waals surface area contributed by atoms with Crippen molar-refractivity contribution in [2.75, 3.05) is 11.3 Å². The molecule has 2 atom stereocenters. The van der Waals surface area contributed by atoms with Crippen LogP contribution < -0.4 is 20.3 Å². The topological polar surface area (TPSA) is 170 Å². The first kappa shape index (κ1) is 35.6. The fourth-order valence-corrected chi connectivity index (χ4v) is 6.42. The van der Waals surface area contributed by atoms with E-state index in [0.717, 1.165) is 16.3 Å². The molecule has 12 nitrogen and oxygen atoms in total. The van der Waals surface area contributed by atoms with Gasteiger partial charge >= 0.3 is 0 Å². The average molecular weight is 696 g/mol. The summed E-state index contributed by atoms with van der Waals surface area (Å²) in [5, 5.41) is 13.6. The van der Waals surface area contributed by atoms with E-state index in [2.05, 4.69) is 20.0 Å². The van der Waals surface area contributed by atoms with E-state index in [-0.39, 0.29) is 36.7 Å². The Morgan fingerprint density at radius 2 is 1.48 bits per heavy atom. The molecule has 0 bridgehead atoms. The number of aliphatic hydroxyl groups excluding tert-OH is 1. The first-order chi connectivity index (χ1) is 24.2. The van der Waals surface area contributed by atoms with E-state index in [1.54, 1.807) is 109 Å². The van der Waals surface area contributed by atoms with Gasteiger partial charge in [0, 0.05) is 17.8 Å². The van der Waals surface area contributed by atoms with Crippen molar-refractivity contribution in [2.24, 2.45) is 0 Å². The molecule has 0 fully saturated rings. The molecule has 3 N–H and O–H groups in total. The molecule has 1 amide bonds. The van der Waals surface area contributed by atoms with Gasteiger partial charge in [0.05, 0.1) is 24.6 Å². The van der Waals surface area contributed by atoms with Gasteiger partial charge in [0.15, 0.2) is 5.78 Å². The number of carbonyl (C=O) groups excluding carboxylic acids is 2. The fraction of sp³-hybridized carbons (Fsp3) is 0.216. The Kier molecular flexibility index (Phi) is 12.2. The first-order valence-corrected chi connectivity index (χ1v) is 17.6. The lowest BCUT2D eigenvalue weighted by Crippen LogP contribution is -2.48. The van der Waals surface area contributed by atoms with Gasteiger partial charge in [0.2, 0.25) is 21.8 Å². The van der Waals surface area contributed by atoms with Crippen LogP contribution in [0, 0.1) is 0 Å². The van der Waals surface area contributed by atoms with Crippen LogP contribution in [-0.4, -0.2) is 58.5 Å². The van der Waals surface area contributed by atoms with Gasteiger partial charge in [-0.15, -0.1) is 0 Å². The quantitative estimate of drug-likeness (QED) is 0.123. The number of pyridine rings is 1. The lowest BCUT2D eigenvalue weighted by molar-refractivity contribution is -0.133. The number of nitrogens with zero attached hydrogens (tertiary/aromatic N) is 3. The molecule has 0 aliphatic carbocycles. The second kappa shape index (κ2) is 17.1. The predicted octanol–water partition coefficient (Wildman–Crippen LogP) is 3.76. The third-order valence-corrected chi connectivity index (χ3v) is 8.89. The van der Waals surface area contributed by atoms with E-state index >= 15 is 0 Å². The van der Waals surface area contributed by atoms with Crippen molar-refractivity contribution in [3.8, 4) is 17.3 Å². The van der Waals surface area contributed by atoms with E-state index in [9.17, 15) is 27.9 Å². The Bertz CT molecular complexity index is 2030. The van der Waals surface area contributed by atoms with Crippen molar-refractivity contribution in [1.29, 1.82) is 0 Å². The summed E-state index contributed by atoms with van der Waals surface area (Å²) in [5.41, 5.74) is 0.635. The van der Waals surface area contributed by atoms with E-state index < -0.39 is 46.0 Å². The summed E-state index contributed by atoms with van der Waals surface area (Å²) in [7, 11) is -4.02. The summed E-state index contributed by atoms with van der Waals surface area (Å²) in [6.45, 7) is -0.364. The van der Waals surface area contributed by atoms with Crippen molar-refractivity contribution in [2.45, 2.75) is 43.7 Å². The van der Waals surface area contributed by atoms with Crippen LogP contribution in [0.2, 0.25) is 0 Å². The van der Waals surface area contributed by atoms with E-state index in [1.165, 1.54) is 0 Å². The molecule has 5 rings (SSSR count). The van der Waals surface area contributed by atoms with Crippen LogP contribution in [0.3, 0.4) is 0 Å². The van der Waals surface area contributed by atoms with Crippen molar-refractivity contribution < 1.29 is 27.9 Å². The zero-order valence-electron chi connectivity index (χ0n) is 27.1. The molecule has 0 aliphatic rings. The number of aliphatic hydroxyl groups is 1. The molecule has 0 saturated heterocycles. The average Bonchev–Trinajstić information content (AvgIpc) is 3.12. The molecular weight excluding hydrogens is 659 g/mol. The Hall–Kier alpha value is -5.66. The number of hydrogen-bond donors (Lipinski definition) is 3. The minimum absolute atomic E-state index is 0.0829. The second-order valence-corrected chi connectivity index (χ2v) is 13.2. The summed E-state index contributed by atoms with van der Waals surface area (Å²) in [5.74, 6) is -1.15. The lowest BCUT2D eigenvalue weighted by atomic mass is 9.97. The number of amides is 1. The molecule has 0 spiro atoms. The van der Waals surface area contributed by atoms with E-state index in [4.69, 9.17) is 4.74 Å². The van der Waals surface area contributed by atoms with Crippen LogP contribution in [-0.2, 0) is 38.3 Å². The zero-order chi connectivity index (χ0) is 35.3. The lowest BCUT2D eigenvalue weighted by Gasteiger charge is -2.22. The van der Waals surface area contributed by atoms with E-state index in [0.29, 0.717) is 23.4 Å². The Balaban J connectivity index is 1.35. The summed E-state index contributed by atoms with van der Waals surface area (Å²) < 4.78 is 34.9. The number of Topliss-reactive ketones (excluding diaryl/α,β-unsaturated/α-hetero) is 1. The van der Waals surface area contributed by atoms with Gasteiger partial charge in [-0.25, -0.2) is 18.4 Å². The van der Waals surface area contributed by atoms with Crippen molar-refractivity contribution in [1.82, 2.24) is 19.9 Å². The maximum Gasteiger partial charge on any atom is 0.278 e.